The van der Waals surface area contributed by atoms with Gasteiger partial charge in [-0.2, -0.15) is 0 Å². The Morgan fingerprint density at radius 2 is 2.18 bits per heavy atom. The van der Waals surface area contributed by atoms with E-state index >= 15 is 0 Å². The smallest absolute Gasteiger partial charge is 0.211 e. The molecule has 0 aliphatic carbocycles. The van der Waals surface area contributed by atoms with Crippen molar-refractivity contribution < 1.29 is 14.6 Å². The summed E-state index contributed by atoms with van der Waals surface area (Å²) in [5.74, 6) is 1.43. The summed E-state index contributed by atoms with van der Waals surface area (Å²) in [6, 6.07) is 3.49. The van der Waals surface area contributed by atoms with E-state index in [0.29, 0.717) is 11.8 Å². The van der Waals surface area contributed by atoms with Gasteiger partial charge in [0.1, 0.15) is 11.5 Å². The summed E-state index contributed by atoms with van der Waals surface area (Å²) >= 11 is 0. The third-order valence-electron chi connectivity index (χ3n) is 4.15. The Morgan fingerprint density at radius 1 is 1.41 bits per heavy atom. The molecule has 3 atom stereocenters. The van der Waals surface area contributed by atoms with Crippen molar-refractivity contribution in [3.8, 4) is 11.5 Å². The number of hydrogen-bond donors (Lipinski definition) is 1. The van der Waals surface area contributed by atoms with Crippen molar-refractivity contribution >= 4 is 0 Å². The summed E-state index contributed by atoms with van der Waals surface area (Å²) in [7, 11) is 0. The Morgan fingerprint density at radius 3 is 2.94 bits per heavy atom. The molecule has 0 radical (unpaired) electrons. The zero-order chi connectivity index (χ0) is 12.2. The van der Waals surface area contributed by atoms with E-state index in [1.807, 2.05) is 13.8 Å². The normalized spacial score (nSPS) is 35.0. The van der Waals surface area contributed by atoms with Crippen LogP contribution in [0.3, 0.4) is 0 Å². The molecule has 0 bridgehead atoms. The molecule has 92 valence electrons. The number of aryl methyl sites for hydroxylation is 1. The number of aromatic hydroxyl groups is 1. The molecule has 2 heterocycles. The third kappa shape index (κ3) is 1.53. The van der Waals surface area contributed by atoms with Crippen molar-refractivity contribution in [3.05, 3.63) is 23.3 Å². The number of ether oxygens (including phenoxy) is 2. The molecule has 0 amide bonds. The summed E-state index contributed by atoms with van der Waals surface area (Å²) in [6.45, 7) is 6.98. The summed E-state index contributed by atoms with van der Waals surface area (Å²) in [4.78, 5) is 0. The van der Waals surface area contributed by atoms with Gasteiger partial charge in [0.2, 0.25) is 5.79 Å². The molecule has 17 heavy (non-hydrogen) atoms. The Kier molecular flexibility index (Phi) is 2.17. The zero-order valence-electron chi connectivity index (χ0n) is 10.5. The predicted molar refractivity (Wildman–Crippen MR) is 64.2 cm³/mol. The van der Waals surface area contributed by atoms with Crippen LogP contribution >= 0.6 is 0 Å². The molecule has 1 aromatic carbocycles. The average Bonchev–Trinajstić information content (AvgIpc) is 2.52. The van der Waals surface area contributed by atoms with Crippen molar-refractivity contribution in [2.24, 2.45) is 11.8 Å². The van der Waals surface area contributed by atoms with Crippen molar-refractivity contribution in [3.63, 3.8) is 0 Å². The van der Waals surface area contributed by atoms with Gasteiger partial charge in [-0.05, 0) is 36.5 Å². The second-order valence-corrected chi connectivity index (χ2v) is 5.46. The third-order valence-corrected chi connectivity index (χ3v) is 4.15. The summed E-state index contributed by atoms with van der Waals surface area (Å²) in [6.07, 6.45) is 0.971. The van der Waals surface area contributed by atoms with E-state index in [1.54, 1.807) is 12.1 Å². The van der Waals surface area contributed by atoms with Gasteiger partial charge >= 0.3 is 0 Å². The van der Waals surface area contributed by atoms with Gasteiger partial charge in [-0.15, -0.1) is 0 Å². The van der Waals surface area contributed by atoms with Gasteiger partial charge in [0.25, 0.3) is 0 Å². The molecule has 1 saturated heterocycles. The van der Waals surface area contributed by atoms with Gasteiger partial charge in [0.15, 0.2) is 0 Å². The fraction of sp³-hybridized carbons (Fsp3) is 0.571. The highest BCUT2D eigenvalue weighted by Gasteiger charge is 2.50. The molecule has 1 aromatic rings. The Labute approximate surface area is 101 Å². The minimum atomic E-state index is -0.521. The van der Waals surface area contributed by atoms with E-state index in [0.717, 1.165) is 24.3 Å². The molecule has 0 unspecified atom stereocenters. The molecule has 3 heteroatoms. The van der Waals surface area contributed by atoms with Crippen LogP contribution in [0.5, 0.6) is 11.5 Å². The van der Waals surface area contributed by atoms with E-state index in [1.165, 1.54) is 5.56 Å². The zero-order valence-corrected chi connectivity index (χ0v) is 10.5. The predicted octanol–water partition coefficient (Wildman–Crippen LogP) is 2.63. The highest BCUT2D eigenvalue weighted by molar-refractivity contribution is 5.47. The SMILES string of the molecule is Cc1cc(O)cc2c1C[C@@H]1[C@@H](C)CO[C@]1(C)O2. The summed E-state index contributed by atoms with van der Waals surface area (Å²) in [5, 5.41) is 9.62. The Hall–Kier alpha value is -1.22. The van der Waals surface area contributed by atoms with Crippen LogP contribution in [-0.4, -0.2) is 17.5 Å². The molecule has 0 saturated carbocycles. The minimum Gasteiger partial charge on any atom is -0.508 e. The fourth-order valence-corrected chi connectivity index (χ4v) is 3.09. The van der Waals surface area contributed by atoms with E-state index < -0.39 is 5.79 Å². The first-order chi connectivity index (χ1) is 7.99. The van der Waals surface area contributed by atoms with Gasteiger partial charge in [-0.1, -0.05) is 6.92 Å². The number of fused-ring (bicyclic) bond motifs is 2. The first kappa shape index (κ1) is 10.9. The highest BCUT2D eigenvalue weighted by atomic mass is 16.7. The summed E-state index contributed by atoms with van der Waals surface area (Å²) < 4.78 is 11.8. The quantitative estimate of drug-likeness (QED) is 0.750. The lowest BCUT2D eigenvalue weighted by molar-refractivity contribution is -0.166. The number of rotatable bonds is 0. The van der Waals surface area contributed by atoms with E-state index in [2.05, 4.69) is 6.92 Å². The molecular formula is C14H18O3. The average molecular weight is 234 g/mol. The molecule has 3 rings (SSSR count). The van der Waals surface area contributed by atoms with Crippen LogP contribution in [0.2, 0.25) is 0 Å². The first-order valence-corrected chi connectivity index (χ1v) is 6.15. The lowest BCUT2D eigenvalue weighted by Crippen LogP contribution is -2.43. The molecule has 3 nitrogen and oxygen atoms in total. The lowest BCUT2D eigenvalue weighted by Gasteiger charge is -2.38. The van der Waals surface area contributed by atoms with Gasteiger partial charge < -0.3 is 14.6 Å². The molecule has 2 aliphatic rings. The maximum atomic E-state index is 9.62. The van der Waals surface area contributed by atoms with Crippen molar-refractivity contribution in [2.45, 2.75) is 33.0 Å². The first-order valence-electron chi connectivity index (χ1n) is 6.15. The van der Waals surface area contributed by atoms with Crippen LogP contribution in [0, 0.1) is 18.8 Å². The van der Waals surface area contributed by atoms with Gasteiger partial charge in [0.05, 0.1) is 6.61 Å². The number of benzene rings is 1. The van der Waals surface area contributed by atoms with Gasteiger partial charge in [-0.3, -0.25) is 0 Å². The molecule has 2 aliphatic heterocycles. The van der Waals surface area contributed by atoms with Crippen LogP contribution in [0.15, 0.2) is 12.1 Å². The maximum Gasteiger partial charge on any atom is 0.211 e. The molecule has 1 fully saturated rings. The largest absolute Gasteiger partial charge is 0.508 e. The van der Waals surface area contributed by atoms with Crippen molar-refractivity contribution in [1.29, 1.82) is 0 Å². The topological polar surface area (TPSA) is 38.7 Å². The van der Waals surface area contributed by atoms with Gasteiger partial charge in [0, 0.05) is 18.9 Å². The van der Waals surface area contributed by atoms with E-state index in [4.69, 9.17) is 9.47 Å². The van der Waals surface area contributed by atoms with Crippen LogP contribution in [0.1, 0.15) is 25.0 Å². The van der Waals surface area contributed by atoms with Crippen molar-refractivity contribution in [1.82, 2.24) is 0 Å². The second-order valence-electron chi connectivity index (χ2n) is 5.46. The van der Waals surface area contributed by atoms with Crippen LogP contribution in [0.25, 0.3) is 0 Å². The molecule has 0 spiro atoms. The van der Waals surface area contributed by atoms with Crippen molar-refractivity contribution in [2.75, 3.05) is 6.61 Å². The number of phenolic OH excluding ortho intramolecular Hbond substituents is 1. The number of phenols is 1. The minimum absolute atomic E-state index is 0.259. The van der Waals surface area contributed by atoms with Crippen LogP contribution in [0.4, 0.5) is 0 Å². The summed E-state index contributed by atoms with van der Waals surface area (Å²) in [5.41, 5.74) is 2.31. The van der Waals surface area contributed by atoms with Crippen LogP contribution < -0.4 is 4.74 Å². The molecular weight excluding hydrogens is 216 g/mol. The lowest BCUT2D eigenvalue weighted by atomic mass is 9.81. The highest BCUT2D eigenvalue weighted by Crippen LogP contribution is 2.47. The van der Waals surface area contributed by atoms with E-state index in [9.17, 15) is 5.11 Å². The second kappa shape index (κ2) is 3.39. The van der Waals surface area contributed by atoms with Gasteiger partial charge in [-0.25, -0.2) is 0 Å². The molecule has 0 aromatic heterocycles. The Balaban J connectivity index is 2.07. The Bertz CT molecular complexity index is 469. The van der Waals surface area contributed by atoms with Crippen LogP contribution in [-0.2, 0) is 11.2 Å². The fourth-order valence-electron chi connectivity index (χ4n) is 3.09. The maximum absolute atomic E-state index is 9.62. The van der Waals surface area contributed by atoms with E-state index in [-0.39, 0.29) is 5.75 Å². The molecule has 1 N–H and O–H groups in total. The standard InChI is InChI=1S/C14H18O3/c1-8-4-10(15)5-13-11(8)6-12-9(2)7-16-14(12,3)17-13/h4-5,9,12,15H,6-7H2,1-3H3/t9-,12+,14+/m0/s1. The number of hydrogen-bond acceptors (Lipinski definition) is 3. The monoisotopic (exact) mass is 234 g/mol.